The standard InChI is InChI=1S/C20H23N5O5/c1-11-19(13(3)26)12(2)25(23-11)10-17(27)21-9-18-22-20(24-30-18)14-6-7-15(28-4)16(8-14)29-5/h6-8H,9-10H2,1-5H3,(H,21,27). The molecule has 0 fully saturated rings. The maximum Gasteiger partial charge on any atom is 0.246 e. The molecule has 0 aliphatic rings. The molecule has 10 heteroatoms. The molecular formula is C20H23N5O5. The lowest BCUT2D eigenvalue weighted by Gasteiger charge is -2.07. The van der Waals surface area contributed by atoms with Gasteiger partial charge >= 0.3 is 0 Å². The van der Waals surface area contributed by atoms with Crippen LogP contribution in [0.5, 0.6) is 11.5 Å². The van der Waals surface area contributed by atoms with Gasteiger partial charge in [-0.1, -0.05) is 5.16 Å². The van der Waals surface area contributed by atoms with Crippen molar-refractivity contribution in [3.63, 3.8) is 0 Å². The summed E-state index contributed by atoms with van der Waals surface area (Å²) < 4.78 is 17.2. The lowest BCUT2D eigenvalue weighted by Crippen LogP contribution is -2.28. The molecule has 0 aliphatic carbocycles. The third-order valence-corrected chi connectivity index (χ3v) is 4.57. The predicted octanol–water partition coefficient (Wildman–Crippen LogP) is 2.09. The second-order valence-electron chi connectivity index (χ2n) is 6.62. The zero-order valence-corrected chi connectivity index (χ0v) is 17.5. The van der Waals surface area contributed by atoms with Crippen molar-refractivity contribution in [2.75, 3.05) is 14.2 Å². The summed E-state index contributed by atoms with van der Waals surface area (Å²) in [6.07, 6.45) is 0. The molecule has 2 heterocycles. The molecule has 0 atom stereocenters. The van der Waals surface area contributed by atoms with Crippen LogP contribution < -0.4 is 14.8 Å². The topological polar surface area (TPSA) is 121 Å². The number of hydrogen-bond acceptors (Lipinski definition) is 8. The van der Waals surface area contributed by atoms with Gasteiger partial charge in [0.15, 0.2) is 17.3 Å². The van der Waals surface area contributed by atoms with Crippen LogP contribution in [-0.4, -0.2) is 45.8 Å². The van der Waals surface area contributed by atoms with Crippen LogP contribution in [-0.2, 0) is 17.9 Å². The van der Waals surface area contributed by atoms with Crippen LogP contribution in [0.1, 0.15) is 34.6 Å². The van der Waals surface area contributed by atoms with Gasteiger partial charge in [0.05, 0.1) is 32.0 Å². The fourth-order valence-electron chi connectivity index (χ4n) is 3.15. The minimum absolute atomic E-state index is 0.0172. The first kappa shape index (κ1) is 21.0. The van der Waals surface area contributed by atoms with Crippen LogP contribution in [0.4, 0.5) is 0 Å². The zero-order valence-electron chi connectivity index (χ0n) is 17.5. The Bertz CT molecular complexity index is 1090. The van der Waals surface area contributed by atoms with E-state index in [0.29, 0.717) is 39.8 Å². The van der Waals surface area contributed by atoms with Crippen LogP contribution in [0.15, 0.2) is 22.7 Å². The Hall–Kier alpha value is -3.69. The number of Topliss-reactive ketones (excluding diaryl/α,β-unsaturated/α-hetero) is 1. The molecular weight excluding hydrogens is 390 g/mol. The van der Waals surface area contributed by atoms with Crippen molar-refractivity contribution in [2.45, 2.75) is 33.9 Å². The predicted molar refractivity (Wildman–Crippen MR) is 106 cm³/mol. The molecule has 0 bridgehead atoms. The van der Waals surface area contributed by atoms with Gasteiger partial charge in [-0.3, -0.25) is 14.3 Å². The largest absolute Gasteiger partial charge is 0.493 e. The van der Waals surface area contributed by atoms with E-state index in [9.17, 15) is 9.59 Å². The summed E-state index contributed by atoms with van der Waals surface area (Å²) >= 11 is 0. The number of benzene rings is 1. The molecule has 0 saturated heterocycles. The van der Waals surface area contributed by atoms with Crippen LogP contribution in [0.3, 0.4) is 0 Å². The van der Waals surface area contributed by atoms with Crippen LogP contribution >= 0.6 is 0 Å². The molecule has 1 N–H and O–H groups in total. The number of aromatic nitrogens is 4. The van der Waals surface area contributed by atoms with Gasteiger partial charge in [0.25, 0.3) is 0 Å². The highest BCUT2D eigenvalue weighted by atomic mass is 16.5. The molecule has 0 aliphatic heterocycles. The van der Waals surface area contributed by atoms with Gasteiger partial charge in [0, 0.05) is 11.3 Å². The summed E-state index contributed by atoms with van der Waals surface area (Å²) in [5.41, 5.74) is 2.49. The van der Waals surface area contributed by atoms with Gasteiger partial charge in [-0.05, 0) is 39.0 Å². The third kappa shape index (κ3) is 4.32. The first-order chi connectivity index (χ1) is 14.3. The number of amides is 1. The summed E-state index contributed by atoms with van der Waals surface area (Å²) in [4.78, 5) is 28.3. The summed E-state index contributed by atoms with van der Waals surface area (Å²) in [7, 11) is 3.10. The van der Waals surface area contributed by atoms with E-state index in [1.54, 1.807) is 46.3 Å². The van der Waals surface area contributed by atoms with Crippen LogP contribution in [0.25, 0.3) is 11.4 Å². The number of methoxy groups -OCH3 is 2. The Labute approximate surface area is 173 Å². The average molecular weight is 413 g/mol. The maximum absolute atomic E-state index is 12.3. The monoisotopic (exact) mass is 413 g/mol. The lowest BCUT2D eigenvalue weighted by atomic mass is 10.1. The van der Waals surface area contributed by atoms with Gasteiger partial charge in [-0.15, -0.1) is 0 Å². The number of nitrogens with zero attached hydrogens (tertiary/aromatic N) is 4. The molecule has 0 radical (unpaired) electrons. The highest BCUT2D eigenvalue weighted by Crippen LogP contribution is 2.31. The number of ketones is 1. The molecule has 3 rings (SSSR count). The molecule has 158 valence electrons. The van der Waals surface area contributed by atoms with E-state index in [-0.39, 0.29) is 30.7 Å². The Kier molecular flexibility index (Phi) is 6.14. The van der Waals surface area contributed by atoms with Crippen molar-refractivity contribution >= 4 is 11.7 Å². The number of ether oxygens (including phenoxy) is 2. The molecule has 1 amide bonds. The van der Waals surface area contributed by atoms with E-state index in [1.807, 2.05) is 0 Å². The van der Waals surface area contributed by atoms with E-state index >= 15 is 0 Å². The Morgan fingerprint density at radius 3 is 2.53 bits per heavy atom. The molecule has 0 spiro atoms. The second kappa shape index (κ2) is 8.76. The van der Waals surface area contributed by atoms with Gasteiger partial charge < -0.3 is 19.3 Å². The number of carbonyl (C=O) groups excluding carboxylic acids is 2. The second-order valence-corrected chi connectivity index (χ2v) is 6.62. The van der Waals surface area contributed by atoms with E-state index in [2.05, 4.69) is 20.6 Å². The maximum atomic E-state index is 12.3. The van der Waals surface area contributed by atoms with Gasteiger partial charge in [-0.25, -0.2) is 0 Å². The SMILES string of the molecule is COc1ccc(-c2noc(CNC(=O)Cn3nc(C)c(C(C)=O)c3C)n2)cc1OC. The van der Waals surface area contributed by atoms with E-state index in [4.69, 9.17) is 14.0 Å². The van der Waals surface area contributed by atoms with E-state index in [1.165, 1.54) is 11.6 Å². The molecule has 3 aromatic rings. The van der Waals surface area contributed by atoms with Crippen molar-refractivity contribution in [1.29, 1.82) is 0 Å². The van der Waals surface area contributed by atoms with Crippen molar-refractivity contribution in [2.24, 2.45) is 0 Å². The third-order valence-electron chi connectivity index (χ3n) is 4.57. The number of nitrogens with one attached hydrogen (secondary N) is 1. The van der Waals surface area contributed by atoms with Crippen LogP contribution in [0, 0.1) is 13.8 Å². The molecule has 1 aromatic carbocycles. The number of rotatable bonds is 8. The Balaban J connectivity index is 1.64. The smallest absolute Gasteiger partial charge is 0.246 e. The zero-order chi connectivity index (χ0) is 21.8. The van der Waals surface area contributed by atoms with Crippen molar-refractivity contribution in [1.82, 2.24) is 25.2 Å². The molecule has 0 saturated carbocycles. The minimum Gasteiger partial charge on any atom is -0.493 e. The molecule has 0 unspecified atom stereocenters. The number of carbonyl (C=O) groups is 2. The lowest BCUT2D eigenvalue weighted by molar-refractivity contribution is -0.122. The van der Waals surface area contributed by atoms with Crippen LogP contribution in [0.2, 0.25) is 0 Å². The Morgan fingerprint density at radius 2 is 1.90 bits per heavy atom. The quantitative estimate of drug-likeness (QED) is 0.557. The number of aryl methyl sites for hydroxylation is 1. The van der Waals surface area contributed by atoms with E-state index in [0.717, 1.165) is 0 Å². The number of hydrogen-bond donors (Lipinski definition) is 1. The summed E-state index contributed by atoms with van der Waals surface area (Å²) in [6, 6.07) is 5.27. The van der Waals surface area contributed by atoms with E-state index < -0.39 is 0 Å². The van der Waals surface area contributed by atoms with Gasteiger partial charge in [0.2, 0.25) is 17.6 Å². The van der Waals surface area contributed by atoms with Gasteiger partial charge in [-0.2, -0.15) is 10.1 Å². The Morgan fingerprint density at radius 1 is 1.17 bits per heavy atom. The highest BCUT2D eigenvalue weighted by Gasteiger charge is 2.17. The normalized spacial score (nSPS) is 10.7. The average Bonchev–Trinajstić information content (AvgIpc) is 3.30. The van der Waals surface area contributed by atoms with Crippen molar-refractivity contribution < 1.29 is 23.6 Å². The first-order valence-electron chi connectivity index (χ1n) is 9.20. The highest BCUT2D eigenvalue weighted by molar-refractivity contribution is 5.96. The summed E-state index contributed by atoms with van der Waals surface area (Å²) in [6.45, 7) is 5.03. The summed E-state index contributed by atoms with van der Waals surface area (Å²) in [5, 5.41) is 10.9. The fraction of sp³-hybridized carbons (Fsp3) is 0.350. The minimum atomic E-state index is -0.290. The van der Waals surface area contributed by atoms with Gasteiger partial charge in [0.1, 0.15) is 6.54 Å². The summed E-state index contributed by atoms with van der Waals surface area (Å²) in [5.74, 6) is 1.39. The molecule has 30 heavy (non-hydrogen) atoms. The van der Waals surface area contributed by atoms with Crippen molar-refractivity contribution in [3.8, 4) is 22.9 Å². The molecule has 2 aromatic heterocycles. The first-order valence-corrected chi connectivity index (χ1v) is 9.20. The fourth-order valence-corrected chi connectivity index (χ4v) is 3.15. The molecule has 10 nitrogen and oxygen atoms in total. The van der Waals surface area contributed by atoms with Crippen molar-refractivity contribution in [3.05, 3.63) is 41.0 Å².